The first-order chi connectivity index (χ1) is 9.01. The van der Waals surface area contributed by atoms with Crippen molar-refractivity contribution in [3.8, 4) is 5.75 Å². The number of hydrogen-bond donors (Lipinski definition) is 0. The summed E-state index contributed by atoms with van der Waals surface area (Å²) in [5.41, 5.74) is 3.67. The number of rotatable bonds is 4. The number of Topliss-reactive ketones (excluding diaryl/α,β-unsaturated/α-hetero) is 1. The topological polar surface area (TPSA) is 39.2 Å². The number of thiazole rings is 1. The summed E-state index contributed by atoms with van der Waals surface area (Å²) in [6.45, 7) is 5.87. The molecule has 0 spiro atoms. The molecule has 1 heterocycles. The van der Waals surface area contributed by atoms with Crippen molar-refractivity contribution in [2.24, 2.45) is 0 Å². The molecule has 0 aliphatic carbocycles. The molecule has 0 aliphatic rings. The highest BCUT2D eigenvalue weighted by Crippen LogP contribution is 2.26. The van der Waals surface area contributed by atoms with E-state index in [0.717, 1.165) is 21.8 Å². The van der Waals surface area contributed by atoms with Crippen molar-refractivity contribution in [2.75, 3.05) is 7.11 Å². The molecule has 0 atom stereocenters. The number of nitrogens with zero attached hydrogens (tertiary/aromatic N) is 1. The van der Waals surface area contributed by atoms with Gasteiger partial charge in [0.05, 0.1) is 19.1 Å². The summed E-state index contributed by atoms with van der Waals surface area (Å²) in [6, 6.07) is 3.90. The van der Waals surface area contributed by atoms with Crippen molar-refractivity contribution >= 4 is 17.1 Å². The third-order valence-electron chi connectivity index (χ3n) is 2.92. The van der Waals surface area contributed by atoms with E-state index >= 15 is 0 Å². The molecule has 3 nitrogen and oxygen atoms in total. The van der Waals surface area contributed by atoms with Crippen molar-refractivity contribution in [3.05, 3.63) is 44.9 Å². The number of hydrogen-bond acceptors (Lipinski definition) is 4. The fourth-order valence-corrected chi connectivity index (χ4v) is 2.93. The lowest BCUT2D eigenvalue weighted by molar-refractivity contribution is 0.0989. The van der Waals surface area contributed by atoms with Crippen molar-refractivity contribution in [3.63, 3.8) is 0 Å². The minimum absolute atomic E-state index is 0.0590. The van der Waals surface area contributed by atoms with Crippen LogP contribution >= 0.6 is 11.3 Å². The monoisotopic (exact) mass is 275 g/mol. The summed E-state index contributed by atoms with van der Waals surface area (Å²) in [4.78, 5) is 16.8. The molecule has 0 unspecified atom stereocenters. The van der Waals surface area contributed by atoms with Gasteiger partial charge in [-0.3, -0.25) is 4.79 Å². The van der Waals surface area contributed by atoms with Crippen LogP contribution in [-0.2, 0) is 6.42 Å². The average Bonchev–Trinajstić information content (AvgIpc) is 2.73. The van der Waals surface area contributed by atoms with E-state index in [1.807, 2.05) is 38.3 Å². The maximum absolute atomic E-state index is 12.4. The van der Waals surface area contributed by atoms with Crippen molar-refractivity contribution < 1.29 is 9.53 Å². The van der Waals surface area contributed by atoms with Crippen LogP contribution in [0, 0.1) is 20.8 Å². The second-order valence-corrected chi connectivity index (χ2v) is 5.58. The molecule has 2 aromatic rings. The van der Waals surface area contributed by atoms with Gasteiger partial charge in [-0.25, -0.2) is 4.98 Å². The largest absolute Gasteiger partial charge is 0.496 e. The molecule has 4 heteroatoms. The summed E-state index contributed by atoms with van der Waals surface area (Å²) >= 11 is 1.52. The zero-order chi connectivity index (χ0) is 14.0. The smallest absolute Gasteiger partial charge is 0.173 e. The van der Waals surface area contributed by atoms with Gasteiger partial charge >= 0.3 is 0 Å². The predicted octanol–water partition coefficient (Wildman–Crippen LogP) is 3.50. The maximum Gasteiger partial charge on any atom is 0.173 e. The predicted molar refractivity (Wildman–Crippen MR) is 77.4 cm³/mol. The molecule has 0 aliphatic heterocycles. The molecular formula is C15H17NO2S. The lowest BCUT2D eigenvalue weighted by Gasteiger charge is -2.11. The molecule has 19 heavy (non-hydrogen) atoms. The fraction of sp³-hybridized carbons (Fsp3) is 0.333. The van der Waals surface area contributed by atoms with Gasteiger partial charge in [-0.15, -0.1) is 11.3 Å². The summed E-state index contributed by atoms with van der Waals surface area (Å²) in [6.07, 6.45) is 0.332. The minimum atomic E-state index is 0.0590. The summed E-state index contributed by atoms with van der Waals surface area (Å²) in [5.74, 6) is 0.708. The Kier molecular flexibility index (Phi) is 4.00. The standard InChI is InChI=1S/C15H17NO2S/c1-9-5-10(2)15(13(6-9)18-4)12(17)7-14-16-11(3)8-19-14/h5-6,8H,7H2,1-4H3. The zero-order valence-electron chi connectivity index (χ0n) is 11.6. The Labute approximate surface area is 117 Å². The number of aromatic nitrogens is 1. The third kappa shape index (κ3) is 3.01. The summed E-state index contributed by atoms with van der Waals surface area (Å²) in [5, 5.41) is 2.81. The molecular weight excluding hydrogens is 258 g/mol. The molecule has 0 saturated carbocycles. The highest BCUT2D eigenvalue weighted by atomic mass is 32.1. The summed E-state index contributed by atoms with van der Waals surface area (Å²) < 4.78 is 5.33. The molecule has 100 valence electrons. The third-order valence-corrected chi connectivity index (χ3v) is 3.89. The molecule has 2 rings (SSSR count). The normalized spacial score (nSPS) is 10.5. The van der Waals surface area contributed by atoms with Gasteiger partial charge in [-0.05, 0) is 38.0 Å². The quantitative estimate of drug-likeness (QED) is 0.802. The van der Waals surface area contributed by atoms with Gasteiger partial charge in [0.25, 0.3) is 0 Å². The lowest BCUT2D eigenvalue weighted by Crippen LogP contribution is -2.08. The summed E-state index contributed by atoms with van der Waals surface area (Å²) in [7, 11) is 1.60. The van der Waals surface area contributed by atoms with Crippen molar-refractivity contribution in [1.29, 1.82) is 0 Å². The van der Waals surface area contributed by atoms with Crippen LogP contribution < -0.4 is 4.74 Å². The van der Waals surface area contributed by atoms with Gasteiger partial charge in [0.15, 0.2) is 5.78 Å². The number of carbonyl (C=O) groups is 1. The minimum Gasteiger partial charge on any atom is -0.496 e. The first-order valence-electron chi connectivity index (χ1n) is 6.10. The first kappa shape index (κ1) is 13.7. The van der Waals surface area contributed by atoms with Gasteiger partial charge in [-0.2, -0.15) is 0 Å². The number of benzene rings is 1. The highest BCUT2D eigenvalue weighted by Gasteiger charge is 2.17. The van der Waals surface area contributed by atoms with E-state index in [4.69, 9.17) is 4.74 Å². The van der Waals surface area contributed by atoms with E-state index in [1.165, 1.54) is 11.3 Å². The van der Waals surface area contributed by atoms with E-state index < -0.39 is 0 Å². The number of ether oxygens (including phenoxy) is 1. The number of ketones is 1. The zero-order valence-corrected chi connectivity index (χ0v) is 12.4. The van der Waals surface area contributed by atoms with E-state index in [-0.39, 0.29) is 5.78 Å². The van der Waals surface area contributed by atoms with E-state index in [2.05, 4.69) is 4.98 Å². The van der Waals surface area contributed by atoms with E-state index in [1.54, 1.807) is 7.11 Å². The van der Waals surface area contributed by atoms with Crippen LogP contribution in [0.25, 0.3) is 0 Å². The molecule has 0 N–H and O–H groups in total. The van der Waals surface area contributed by atoms with Crippen LogP contribution in [0.2, 0.25) is 0 Å². The molecule has 0 bridgehead atoms. The molecule has 1 aromatic heterocycles. The van der Waals surface area contributed by atoms with Gasteiger partial charge in [0, 0.05) is 11.1 Å². The Morgan fingerprint density at radius 3 is 2.63 bits per heavy atom. The van der Waals surface area contributed by atoms with Crippen LogP contribution in [0.3, 0.4) is 0 Å². The Hall–Kier alpha value is -1.68. The Morgan fingerprint density at radius 1 is 1.32 bits per heavy atom. The van der Waals surface area contributed by atoms with Gasteiger partial charge in [0.2, 0.25) is 0 Å². The molecule has 0 saturated heterocycles. The SMILES string of the molecule is COc1cc(C)cc(C)c1C(=O)Cc1nc(C)cs1. The van der Waals surface area contributed by atoms with Crippen LogP contribution in [0.5, 0.6) is 5.75 Å². The van der Waals surface area contributed by atoms with E-state index in [0.29, 0.717) is 17.7 Å². The van der Waals surface area contributed by atoms with Crippen LogP contribution in [0.4, 0.5) is 0 Å². The lowest BCUT2D eigenvalue weighted by atomic mass is 9.99. The number of methoxy groups -OCH3 is 1. The van der Waals surface area contributed by atoms with Crippen LogP contribution in [-0.4, -0.2) is 17.9 Å². The number of aryl methyl sites for hydroxylation is 3. The molecule has 1 aromatic carbocycles. The fourth-order valence-electron chi connectivity index (χ4n) is 2.16. The van der Waals surface area contributed by atoms with Crippen molar-refractivity contribution in [2.45, 2.75) is 27.2 Å². The second-order valence-electron chi connectivity index (χ2n) is 4.64. The van der Waals surface area contributed by atoms with E-state index in [9.17, 15) is 4.79 Å². The first-order valence-corrected chi connectivity index (χ1v) is 6.98. The van der Waals surface area contributed by atoms with Crippen molar-refractivity contribution in [1.82, 2.24) is 4.98 Å². The van der Waals surface area contributed by atoms with Gasteiger partial charge in [-0.1, -0.05) is 6.07 Å². The van der Waals surface area contributed by atoms with Crippen LogP contribution in [0.15, 0.2) is 17.5 Å². The maximum atomic E-state index is 12.4. The molecule has 0 fully saturated rings. The van der Waals surface area contributed by atoms with Gasteiger partial charge in [0.1, 0.15) is 10.8 Å². The number of carbonyl (C=O) groups excluding carboxylic acids is 1. The Balaban J connectivity index is 2.33. The molecule has 0 amide bonds. The van der Waals surface area contributed by atoms with Gasteiger partial charge < -0.3 is 4.74 Å². The van der Waals surface area contributed by atoms with Crippen LogP contribution in [0.1, 0.15) is 32.2 Å². The Morgan fingerprint density at radius 2 is 2.05 bits per heavy atom. The second kappa shape index (κ2) is 5.53. The average molecular weight is 275 g/mol. The highest BCUT2D eigenvalue weighted by molar-refractivity contribution is 7.09. The Bertz CT molecular complexity index is 617. The molecule has 0 radical (unpaired) electrons.